The van der Waals surface area contributed by atoms with E-state index in [-0.39, 0.29) is 5.91 Å². The van der Waals surface area contributed by atoms with Crippen LogP contribution in [0.25, 0.3) is 0 Å². The zero-order valence-electron chi connectivity index (χ0n) is 9.31. The van der Waals surface area contributed by atoms with E-state index in [0.29, 0.717) is 6.04 Å². The van der Waals surface area contributed by atoms with Gasteiger partial charge in [0.05, 0.1) is 5.54 Å². The van der Waals surface area contributed by atoms with E-state index in [1.54, 1.807) is 0 Å². The minimum atomic E-state index is -0.426. The van der Waals surface area contributed by atoms with Crippen LogP contribution in [0.15, 0.2) is 0 Å². The second-order valence-corrected chi connectivity index (χ2v) is 4.36. The van der Waals surface area contributed by atoms with E-state index < -0.39 is 5.54 Å². The highest BCUT2D eigenvalue weighted by Gasteiger charge is 2.39. The van der Waals surface area contributed by atoms with Crippen LogP contribution in [0.5, 0.6) is 0 Å². The number of hydrogen-bond acceptors (Lipinski definition) is 2. The molecule has 82 valence electrons. The van der Waals surface area contributed by atoms with Gasteiger partial charge in [0.25, 0.3) is 0 Å². The van der Waals surface area contributed by atoms with Gasteiger partial charge in [0, 0.05) is 6.04 Å². The van der Waals surface area contributed by atoms with Crippen molar-refractivity contribution >= 4 is 5.91 Å². The second kappa shape index (κ2) is 4.78. The lowest BCUT2D eigenvalue weighted by molar-refractivity contribution is -0.125. The molecule has 0 spiro atoms. The first kappa shape index (κ1) is 11.5. The molecule has 3 N–H and O–H groups in total. The molecule has 14 heavy (non-hydrogen) atoms. The summed E-state index contributed by atoms with van der Waals surface area (Å²) in [6.07, 6.45) is 6.13. The molecule has 0 aromatic carbocycles. The summed E-state index contributed by atoms with van der Waals surface area (Å²) in [6.45, 7) is 4.20. The van der Waals surface area contributed by atoms with E-state index in [0.717, 1.165) is 25.7 Å². The summed E-state index contributed by atoms with van der Waals surface area (Å²) in [5, 5.41) is 3.43. The third-order valence-electron chi connectivity index (χ3n) is 2.88. The van der Waals surface area contributed by atoms with Crippen LogP contribution in [0, 0.1) is 0 Å². The number of carbonyl (C=O) groups is 1. The number of primary amides is 1. The number of nitrogens with two attached hydrogens (primary N) is 1. The van der Waals surface area contributed by atoms with Crippen molar-refractivity contribution in [1.29, 1.82) is 0 Å². The summed E-state index contributed by atoms with van der Waals surface area (Å²) in [6, 6.07) is 0.542. The Kier molecular flexibility index (Phi) is 3.93. The summed E-state index contributed by atoms with van der Waals surface area (Å²) in [7, 11) is 0. The predicted molar refractivity (Wildman–Crippen MR) is 57.9 cm³/mol. The first-order valence-corrected chi connectivity index (χ1v) is 5.72. The average molecular weight is 198 g/mol. The zero-order chi connectivity index (χ0) is 10.6. The van der Waals surface area contributed by atoms with Gasteiger partial charge in [0.2, 0.25) is 5.91 Å². The molecule has 0 bridgehead atoms. The van der Waals surface area contributed by atoms with E-state index in [9.17, 15) is 4.79 Å². The highest BCUT2D eigenvalue weighted by Crippen LogP contribution is 2.27. The van der Waals surface area contributed by atoms with Gasteiger partial charge in [-0.25, -0.2) is 0 Å². The minimum Gasteiger partial charge on any atom is -0.368 e. The number of nitrogens with one attached hydrogen (secondary N) is 1. The van der Waals surface area contributed by atoms with Gasteiger partial charge in [-0.1, -0.05) is 26.7 Å². The van der Waals surface area contributed by atoms with E-state index in [4.69, 9.17) is 5.73 Å². The predicted octanol–water partition coefficient (Wildman–Crippen LogP) is 1.56. The Morgan fingerprint density at radius 1 is 1.36 bits per heavy atom. The van der Waals surface area contributed by atoms with Crippen LogP contribution >= 0.6 is 0 Å². The summed E-state index contributed by atoms with van der Waals surface area (Å²) < 4.78 is 0. The van der Waals surface area contributed by atoms with E-state index in [1.165, 1.54) is 12.8 Å². The number of hydrogen-bond donors (Lipinski definition) is 2. The summed E-state index contributed by atoms with van der Waals surface area (Å²) in [5.74, 6) is -0.173. The molecule has 0 unspecified atom stereocenters. The maximum absolute atomic E-state index is 11.5. The molecule has 0 atom stereocenters. The van der Waals surface area contributed by atoms with Gasteiger partial charge in [0.1, 0.15) is 0 Å². The van der Waals surface area contributed by atoms with E-state index in [2.05, 4.69) is 19.2 Å². The van der Waals surface area contributed by atoms with Crippen LogP contribution in [-0.4, -0.2) is 17.5 Å². The molecule has 0 heterocycles. The van der Waals surface area contributed by atoms with Gasteiger partial charge in [0.15, 0.2) is 0 Å². The van der Waals surface area contributed by atoms with Crippen molar-refractivity contribution in [1.82, 2.24) is 5.32 Å². The molecule has 0 aromatic rings. The number of amides is 1. The molecule has 1 aliphatic carbocycles. The maximum atomic E-state index is 11.5. The summed E-state index contributed by atoms with van der Waals surface area (Å²) >= 11 is 0. The summed E-state index contributed by atoms with van der Waals surface area (Å²) in [4.78, 5) is 11.5. The molecular weight excluding hydrogens is 176 g/mol. The van der Waals surface area contributed by atoms with Crippen molar-refractivity contribution in [2.75, 3.05) is 0 Å². The van der Waals surface area contributed by atoms with Crippen molar-refractivity contribution in [2.45, 2.75) is 64.0 Å². The molecule has 3 nitrogen and oxygen atoms in total. The molecule has 3 heteroatoms. The van der Waals surface area contributed by atoms with Crippen LogP contribution in [0.3, 0.4) is 0 Å². The fourth-order valence-electron chi connectivity index (χ4n) is 2.06. The molecule has 1 saturated carbocycles. The highest BCUT2D eigenvalue weighted by molar-refractivity contribution is 5.84. The molecule has 1 rings (SSSR count). The molecule has 0 aromatic heterocycles. The highest BCUT2D eigenvalue weighted by atomic mass is 16.1. The molecule has 0 aliphatic heterocycles. The van der Waals surface area contributed by atoms with E-state index in [1.807, 2.05) is 0 Å². The smallest absolute Gasteiger partial charge is 0.237 e. The topological polar surface area (TPSA) is 55.1 Å². The Hall–Kier alpha value is -0.570. The Morgan fingerprint density at radius 3 is 2.14 bits per heavy atom. The fourth-order valence-corrected chi connectivity index (χ4v) is 2.06. The maximum Gasteiger partial charge on any atom is 0.237 e. The van der Waals surface area contributed by atoms with Crippen LogP contribution in [0.4, 0.5) is 0 Å². The van der Waals surface area contributed by atoms with E-state index >= 15 is 0 Å². The largest absolute Gasteiger partial charge is 0.368 e. The second-order valence-electron chi connectivity index (χ2n) is 4.36. The lowest BCUT2D eigenvalue weighted by atomic mass is 9.87. The third-order valence-corrected chi connectivity index (χ3v) is 2.88. The Labute approximate surface area is 86.4 Å². The van der Waals surface area contributed by atoms with Crippen LogP contribution < -0.4 is 11.1 Å². The Bertz CT molecular complexity index is 193. The molecule has 1 fully saturated rings. The molecule has 1 aliphatic rings. The SMILES string of the molecule is CCCC(CCC)(NC1CC1)C(N)=O. The standard InChI is InChI=1S/C11H22N2O/c1-3-7-11(8-4-2,10(12)14)13-9-5-6-9/h9,13H,3-8H2,1-2H3,(H2,12,14). The molecule has 0 radical (unpaired) electrons. The van der Waals surface area contributed by atoms with Gasteiger partial charge in [-0.15, -0.1) is 0 Å². The van der Waals surface area contributed by atoms with Gasteiger partial charge in [-0.3, -0.25) is 4.79 Å². The van der Waals surface area contributed by atoms with Crippen molar-refractivity contribution in [3.63, 3.8) is 0 Å². The molecular formula is C11H22N2O. The van der Waals surface area contributed by atoms with Gasteiger partial charge < -0.3 is 11.1 Å². The number of rotatable bonds is 7. The molecule has 1 amide bonds. The summed E-state index contributed by atoms with van der Waals surface area (Å²) in [5.41, 5.74) is 5.09. The van der Waals surface area contributed by atoms with Crippen molar-refractivity contribution in [3.8, 4) is 0 Å². The first-order chi connectivity index (χ1) is 6.64. The Balaban J connectivity index is 2.64. The van der Waals surface area contributed by atoms with Crippen molar-refractivity contribution in [3.05, 3.63) is 0 Å². The van der Waals surface area contributed by atoms with Gasteiger partial charge >= 0.3 is 0 Å². The fraction of sp³-hybridized carbons (Fsp3) is 0.909. The van der Waals surface area contributed by atoms with Crippen molar-refractivity contribution in [2.24, 2.45) is 5.73 Å². The average Bonchev–Trinajstić information content (AvgIpc) is 2.88. The Morgan fingerprint density at radius 2 is 1.86 bits per heavy atom. The molecule has 0 saturated heterocycles. The van der Waals surface area contributed by atoms with Crippen LogP contribution in [0.2, 0.25) is 0 Å². The third kappa shape index (κ3) is 2.71. The van der Waals surface area contributed by atoms with Crippen molar-refractivity contribution < 1.29 is 4.79 Å². The van der Waals surface area contributed by atoms with Gasteiger partial charge in [-0.05, 0) is 25.7 Å². The quantitative estimate of drug-likeness (QED) is 0.652. The number of carbonyl (C=O) groups excluding carboxylic acids is 1. The first-order valence-electron chi connectivity index (χ1n) is 5.72. The van der Waals surface area contributed by atoms with Gasteiger partial charge in [-0.2, -0.15) is 0 Å². The van der Waals surface area contributed by atoms with Crippen LogP contribution in [0.1, 0.15) is 52.4 Å². The monoisotopic (exact) mass is 198 g/mol. The normalized spacial score (nSPS) is 17.0. The lowest BCUT2D eigenvalue weighted by Gasteiger charge is -2.31. The van der Waals surface area contributed by atoms with Crippen LogP contribution in [-0.2, 0) is 4.79 Å². The lowest BCUT2D eigenvalue weighted by Crippen LogP contribution is -2.56. The minimum absolute atomic E-state index is 0.173. The zero-order valence-corrected chi connectivity index (χ0v) is 9.31.